The SMILES string of the molecule is Cc1c2c(cc3ccccc13)C(=O)c1cccnc1-2. The Kier molecular flexibility index (Phi) is 1.93. The minimum atomic E-state index is 0.0898. The monoisotopic (exact) mass is 245 g/mol. The number of ketones is 1. The van der Waals surface area contributed by atoms with Crippen LogP contribution in [0.4, 0.5) is 0 Å². The first-order valence-electron chi connectivity index (χ1n) is 6.30. The van der Waals surface area contributed by atoms with Gasteiger partial charge in [-0.15, -0.1) is 0 Å². The standard InChI is InChI=1S/C17H11NO/c1-10-12-6-3-2-5-11(12)9-14-15(10)16-13(17(14)19)7-4-8-18-16/h2-9H,1H3. The van der Waals surface area contributed by atoms with Crippen LogP contribution in [0.1, 0.15) is 21.5 Å². The van der Waals surface area contributed by atoms with Gasteiger partial charge in [-0.05, 0) is 41.5 Å². The maximum absolute atomic E-state index is 12.4. The number of fused-ring (bicyclic) bond motifs is 4. The van der Waals surface area contributed by atoms with Gasteiger partial charge in [-0.2, -0.15) is 0 Å². The molecule has 0 unspecified atom stereocenters. The van der Waals surface area contributed by atoms with E-state index in [4.69, 9.17) is 0 Å². The summed E-state index contributed by atoms with van der Waals surface area (Å²) in [6, 6.07) is 13.8. The van der Waals surface area contributed by atoms with Crippen molar-refractivity contribution in [2.45, 2.75) is 6.92 Å². The highest BCUT2D eigenvalue weighted by Gasteiger charge is 2.29. The summed E-state index contributed by atoms with van der Waals surface area (Å²) in [6.45, 7) is 2.07. The summed E-state index contributed by atoms with van der Waals surface area (Å²) in [7, 11) is 0. The third-order valence-electron chi connectivity index (χ3n) is 3.84. The van der Waals surface area contributed by atoms with Gasteiger partial charge >= 0.3 is 0 Å². The molecule has 0 bridgehead atoms. The number of benzene rings is 2. The van der Waals surface area contributed by atoms with Gasteiger partial charge < -0.3 is 0 Å². The van der Waals surface area contributed by atoms with Crippen LogP contribution in [0.5, 0.6) is 0 Å². The molecule has 90 valence electrons. The summed E-state index contributed by atoms with van der Waals surface area (Å²) in [6.07, 6.45) is 1.75. The Morgan fingerprint density at radius 3 is 2.74 bits per heavy atom. The van der Waals surface area contributed by atoms with Crippen LogP contribution in [-0.4, -0.2) is 10.8 Å². The Labute approximate surface area is 110 Å². The van der Waals surface area contributed by atoms with Crippen molar-refractivity contribution in [2.24, 2.45) is 0 Å². The zero-order chi connectivity index (χ0) is 13.0. The molecule has 2 aromatic carbocycles. The number of carbonyl (C=O) groups is 1. The molecule has 1 aromatic heterocycles. The zero-order valence-electron chi connectivity index (χ0n) is 10.5. The molecule has 4 rings (SSSR count). The summed E-state index contributed by atoms with van der Waals surface area (Å²) in [4.78, 5) is 16.8. The lowest BCUT2D eigenvalue weighted by molar-refractivity contribution is 0.104. The first-order chi connectivity index (χ1) is 9.27. The van der Waals surface area contributed by atoms with E-state index in [0.717, 1.165) is 33.3 Å². The molecule has 0 amide bonds. The summed E-state index contributed by atoms with van der Waals surface area (Å²) in [5.41, 5.74) is 4.46. The normalized spacial score (nSPS) is 12.6. The predicted molar refractivity (Wildman–Crippen MR) is 75.3 cm³/mol. The highest BCUT2D eigenvalue weighted by atomic mass is 16.1. The lowest BCUT2D eigenvalue weighted by Crippen LogP contribution is -1.95. The minimum absolute atomic E-state index is 0.0898. The number of carbonyl (C=O) groups excluding carboxylic acids is 1. The molecular weight excluding hydrogens is 234 g/mol. The Bertz CT molecular complexity index is 849. The summed E-state index contributed by atoms with van der Waals surface area (Å²) >= 11 is 0. The van der Waals surface area contributed by atoms with E-state index in [9.17, 15) is 4.79 Å². The van der Waals surface area contributed by atoms with Crippen LogP contribution < -0.4 is 0 Å². The second kappa shape index (κ2) is 3.51. The van der Waals surface area contributed by atoms with E-state index < -0.39 is 0 Å². The Morgan fingerprint density at radius 2 is 1.84 bits per heavy atom. The van der Waals surface area contributed by atoms with Crippen LogP contribution in [0.2, 0.25) is 0 Å². The number of aryl methyl sites for hydroxylation is 1. The summed E-state index contributed by atoms with van der Waals surface area (Å²) in [5, 5.41) is 2.30. The molecule has 0 fully saturated rings. The number of hydrogen-bond acceptors (Lipinski definition) is 2. The van der Waals surface area contributed by atoms with Gasteiger partial charge in [0.25, 0.3) is 0 Å². The molecule has 2 nitrogen and oxygen atoms in total. The average molecular weight is 245 g/mol. The fraction of sp³-hybridized carbons (Fsp3) is 0.0588. The first kappa shape index (κ1) is 10.4. The maximum atomic E-state index is 12.4. The van der Waals surface area contributed by atoms with Gasteiger partial charge in [-0.1, -0.05) is 24.3 Å². The van der Waals surface area contributed by atoms with Crippen molar-refractivity contribution in [2.75, 3.05) is 0 Å². The van der Waals surface area contributed by atoms with Gasteiger partial charge in [0.05, 0.1) is 5.69 Å². The second-order valence-corrected chi connectivity index (χ2v) is 4.87. The van der Waals surface area contributed by atoms with Crippen molar-refractivity contribution < 1.29 is 4.79 Å². The Hall–Kier alpha value is -2.48. The average Bonchev–Trinajstić information content (AvgIpc) is 2.74. The number of aromatic nitrogens is 1. The van der Waals surface area contributed by atoms with Crippen LogP contribution in [0.15, 0.2) is 48.7 Å². The molecule has 0 atom stereocenters. The molecule has 19 heavy (non-hydrogen) atoms. The molecule has 0 saturated carbocycles. The van der Waals surface area contributed by atoms with E-state index in [1.54, 1.807) is 6.20 Å². The van der Waals surface area contributed by atoms with Crippen molar-refractivity contribution >= 4 is 16.6 Å². The highest BCUT2D eigenvalue weighted by molar-refractivity contribution is 6.23. The van der Waals surface area contributed by atoms with E-state index in [1.165, 1.54) is 5.39 Å². The zero-order valence-corrected chi connectivity index (χ0v) is 10.5. The minimum Gasteiger partial charge on any atom is -0.289 e. The van der Waals surface area contributed by atoms with Gasteiger partial charge in [-0.25, -0.2) is 0 Å². The first-order valence-corrected chi connectivity index (χ1v) is 6.30. The highest BCUT2D eigenvalue weighted by Crippen LogP contribution is 2.40. The summed E-state index contributed by atoms with van der Waals surface area (Å²) in [5.74, 6) is 0.0898. The van der Waals surface area contributed by atoms with Crippen LogP contribution in [0.3, 0.4) is 0 Å². The summed E-state index contributed by atoms with van der Waals surface area (Å²) < 4.78 is 0. The molecule has 0 saturated heterocycles. The van der Waals surface area contributed by atoms with Crippen LogP contribution in [0.25, 0.3) is 22.0 Å². The van der Waals surface area contributed by atoms with Crippen molar-refractivity contribution in [3.8, 4) is 11.3 Å². The number of nitrogens with zero attached hydrogens (tertiary/aromatic N) is 1. The lowest BCUT2D eigenvalue weighted by atomic mass is 9.96. The third-order valence-corrected chi connectivity index (χ3v) is 3.84. The maximum Gasteiger partial charge on any atom is 0.195 e. The van der Waals surface area contributed by atoms with Crippen molar-refractivity contribution in [1.82, 2.24) is 4.98 Å². The van der Waals surface area contributed by atoms with Crippen LogP contribution in [0, 0.1) is 6.92 Å². The van der Waals surface area contributed by atoms with Crippen molar-refractivity contribution in [1.29, 1.82) is 0 Å². The number of pyridine rings is 1. The van der Waals surface area contributed by atoms with Gasteiger partial charge in [0, 0.05) is 22.9 Å². The topological polar surface area (TPSA) is 30.0 Å². The number of rotatable bonds is 0. The van der Waals surface area contributed by atoms with Crippen molar-refractivity contribution in [3.05, 3.63) is 65.4 Å². The molecular formula is C17H11NO. The molecule has 0 radical (unpaired) electrons. The van der Waals surface area contributed by atoms with E-state index in [1.807, 2.05) is 36.4 Å². The van der Waals surface area contributed by atoms with Gasteiger partial charge in [0.1, 0.15) is 0 Å². The van der Waals surface area contributed by atoms with E-state index in [0.29, 0.717) is 0 Å². The quantitative estimate of drug-likeness (QED) is 0.472. The molecule has 2 heteroatoms. The van der Waals surface area contributed by atoms with Crippen molar-refractivity contribution in [3.63, 3.8) is 0 Å². The lowest BCUT2D eigenvalue weighted by Gasteiger charge is -2.08. The molecule has 1 heterocycles. The van der Waals surface area contributed by atoms with Gasteiger partial charge in [-0.3, -0.25) is 9.78 Å². The van der Waals surface area contributed by atoms with E-state index in [2.05, 4.69) is 18.0 Å². The fourth-order valence-electron chi connectivity index (χ4n) is 2.95. The Balaban J connectivity index is 2.20. The molecule has 1 aliphatic carbocycles. The molecule has 0 aliphatic heterocycles. The predicted octanol–water partition coefficient (Wildman–Crippen LogP) is 3.75. The van der Waals surface area contributed by atoms with Crippen LogP contribution in [-0.2, 0) is 0 Å². The molecule has 3 aromatic rings. The van der Waals surface area contributed by atoms with Crippen LogP contribution >= 0.6 is 0 Å². The number of hydrogen-bond donors (Lipinski definition) is 0. The fourth-order valence-corrected chi connectivity index (χ4v) is 2.95. The van der Waals surface area contributed by atoms with E-state index >= 15 is 0 Å². The molecule has 0 N–H and O–H groups in total. The Morgan fingerprint density at radius 1 is 1.00 bits per heavy atom. The van der Waals surface area contributed by atoms with Gasteiger partial charge in [0.15, 0.2) is 5.78 Å². The second-order valence-electron chi connectivity index (χ2n) is 4.87. The van der Waals surface area contributed by atoms with Gasteiger partial charge in [0.2, 0.25) is 0 Å². The smallest absolute Gasteiger partial charge is 0.195 e. The molecule has 0 spiro atoms. The molecule has 1 aliphatic rings. The van der Waals surface area contributed by atoms with E-state index in [-0.39, 0.29) is 5.78 Å². The third kappa shape index (κ3) is 1.26. The largest absolute Gasteiger partial charge is 0.289 e.